The SMILES string of the molecule is CN1CC23CC(c4ccccc4C2C1[N+](=O)[O-])c1ccccc13.Cl. The van der Waals surface area contributed by atoms with Crippen LogP contribution in [0.3, 0.4) is 0 Å². The fourth-order valence-electron chi connectivity index (χ4n) is 5.59. The van der Waals surface area contributed by atoms with Gasteiger partial charge in [0.1, 0.15) is 0 Å². The van der Waals surface area contributed by atoms with E-state index in [0.29, 0.717) is 5.92 Å². The van der Waals surface area contributed by atoms with Crippen molar-refractivity contribution in [3.8, 4) is 0 Å². The molecule has 0 saturated carbocycles. The number of fused-ring (bicyclic) bond motifs is 3. The summed E-state index contributed by atoms with van der Waals surface area (Å²) in [6, 6.07) is 17.0. The molecule has 2 aliphatic carbocycles. The Labute approximate surface area is 147 Å². The monoisotopic (exact) mass is 342 g/mol. The van der Waals surface area contributed by atoms with Crippen LogP contribution in [0.15, 0.2) is 48.5 Å². The number of likely N-dealkylation sites (N-methyl/N-ethyl adjacent to an activating group) is 1. The second-order valence-corrected chi connectivity index (χ2v) is 7.22. The van der Waals surface area contributed by atoms with Crippen LogP contribution in [-0.4, -0.2) is 29.6 Å². The molecule has 0 amide bonds. The molecule has 4 nitrogen and oxygen atoms in total. The molecule has 2 aromatic rings. The van der Waals surface area contributed by atoms with E-state index < -0.39 is 6.17 Å². The Kier molecular flexibility index (Phi) is 3.28. The number of likely N-dealkylation sites (tertiary alicyclic amines) is 1. The van der Waals surface area contributed by atoms with Gasteiger partial charge in [-0.05, 0) is 35.7 Å². The van der Waals surface area contributed by atoms with Gasteiger partial charge >= 0.3 is 0 Å². The van der Waals surface area contributed by atoms with E-state index in [-0.39, 0.29) is 28.7 Å². The molecular weight excluding hydrogens is 324 g/mol. The lowest BCUT2D eigenvalue weighted by Gasteiger charge is -2.36. The van der Waals surface area contributed by atoms with Crippen LogP contribution in [0.4, 0.5) is 0 Å². The molecule has 1 saturated heterocycles. The van der Waals surface area contributed by atoms with E-state index in [0.717, 1.165) is 13.0 Å². The highest BCUT2D eigenvalue weighted by molar-refractivity contribution is 5.85. The second kappa shape index (κ2) is 5.04. The minimum absolute atomic E-state index is 0. The summed E-state index contributed by atoms with van der Waals surface area (Å²) in [6.07, 6.45) is 0.367. The van der Waals surface area contributed by atoms with Crippen molar-refractivity contribution in [2.24, 2.45) is 0 Å². The maximum atomic E-state index is 11.8. The molecule has 4 atom stereocenters. The summed E-state index contributed by atoms with van der Waals surface area (Å²) in [5.74, 6) is 0.330. The average molecular weight is 343 g/mol. The predicted octanol–water partition coefficient (Wildman–Crippen LogP) is 3.53. The molecule has 2 aromatic carbocycles. The molecule has 0 radical (unpaired) electrons. The summed E-state index contributed by atoms with van der Waals surface area (Å²) in [7, 11) is 1.90. The molecule has 1 heterocycles. The molecule has 3 aliphatic rings. The van der Waals surface area contributed by atoms with Gasteiger partial charge in [0.15, 0.2) is 0 Å². The topological polar surface area (TPSA) is 46.4 Å². The van der Waals surface area contributed by atoms with E-state index in [1.165, 1.54) is 22.3 Å². The smallest absolute Gasteiger partial charge is 0.263 e. The van der Waals surface area contributed by atoms with Gasteiger partial charge < -0.3 is 0 Å². The molecule has 4 unspecified atom stereocenters. The lowest BCUT2D eigenvalue weighted by molar-refractivity contribution is -0.548. The lowest BCUT2D eigenvalue weighted by Crippen LogP contribution is -2.39. The summed E-state index contributed by atoms with van der Waals surface area (Å²) >= 11 is 0. The van der Waals surface area contributed by atoms with Gasteiger partial charge in [0.05, 0.1) is 5.92 Å². The molecule has 124 valence electrons. The van der Waals surface area contributed by atoms with Crippen molar-refractivity contribution < 1.29 is 4.92 Å². The first kappa shape index (κ1) is 15.6. The number of nitro groups is 1. The van der Waals surface area contributed by atoms with E-state index in [2.05, 4.69) is 42.5 Å². The summed E-state index contributed by atoms with van der Waals surface area (Å²) in [4.78, 5) is 13.7. The predicted molar refractivity (Wildman–Crippen MR) is 94.4 cm³/mol. The highest BCUT2D eigenvalue weighted by Crippen LogP contribution is 2.64. The van der Waals surface area contributed by atoms with E-state index in [1.54, 1.807) is 0 Å². The van der Waals surface area contributed by atoms with Crippen molar-refractivity contribution in [2.75, 3.05) is 13.6 Å². The van der Waals surface area contributed by atoms with Crippen molar-refractivity contribution in [1.29, 1.82) is 0 Å². The van der Waals surface area contributed by atoms with Crippen molar-refractivity contribution in [3.05, 3.63) is 80.9 Å². The van der Waals surface area contributed by atoms with Gasteiger partial charge in [0, 0.05) is 22.8 Å². The van der Waals surface area contributed by atoms with E-state index in [1.807, 2.05) is 18.0 Å². The van der Waals surface area contributed by atoms with Crippen LogP contribution in [0.5, 0.6) is 0 Å². The highest BCUT2D eigenvalue weighted by Gasteiger charge is 2.64. The Bertz CT molecular complexity index is 840. The fourth-order valence-corrected chi connectivity index (χ4v) is 5.59. The van der Waals surface area contributed by atoms with Gasteiger partial charge in [-0.1, -0.05) is 48.5 Å². The zero-order chi connectivity index (χ0) is 15.8. The number of benzene rings is 2. The van der Waals surface area contributed by atoms with Crippen LogP contribution in [0.25, 0.3) is 0 Å². The van der Waals surface area contributed by atoms with Crippen LogP contribution in [-0.2, 0) is 5.41 Å². The molecule has 2 bridgehead atoms. The standard InChI is InChI=1S/C19H18N2O2.ClH/c1-20-11-19-10-15(13-7-4-5-9-16(13)19)12-6-2-3-8-14(12)17(19)18(20)21(22)23;/h2-9,15,17-18H,10-11H2,1H3;1H. The highest BCUT2D eigenvalue weighted by atomic mass is 35.5. The molecule has 0 aromatic heterocycles. The number of halogens is 1. The molecular formula is C19H19ClN2O2. The van der Waals surface area contributed by atoms with Crippen molar-refractivity contribution >= 4 is 12.4 Å². The Hall–Kier alpha value is -1.91. The summed E-state index contributed by atoms with van der Waals surface area (Å²) in [5, 5.41) is 11.8. The quantitative estimate of drug-likeness (QED) is 0.588. The lowest BCUT2D eigenvalue weighted by atomic mass is 9.64. The summed E-state index contributed by atoms with van der Waals surface area (Å²) in [5.41, 5.74) is 5.08. The van der Waals surface area contributed by atoms with Gasteiger partial charge in [-0.3, -0.25) is 10.1 Å². The zero-order valence-corrected chi connectivity index (χ0v) is 14.2. The number of hydrogen-bond donors (Lipinski definition) is 0. The number of rotatable bonds is 1. The Morgan fingerprint density at radius 3 is 2.42 bits per heavy atom. The maximum absolute atomic E-state index is 11.8. The molecule has 0 N–H and O–H groups in total. The first-order chi connectivity index (χ1) is 11.1. The minimum atomic E-state index is -0.636. The third kappa shape index (κ3) is 1.68. The van der Waals surface area contributed by atoms with Crippen molar-refractivity contribution in [2.45, 2.75) is 29.8 Å². The summed E-state index contributed by atoms with van der Waals surface area (Å²) in [6.45, 7) is 0.769. The van der Waals surface area contributed by atoms with E-state index in [4.69, 9.17) is 0 Å². The molecule has 1 aliphatic heterocycles. The normalized spacial score (nSPS) is 32.5. The second-order valence-electron chi connectivity index (χ2n) is 7.22. The van der Waals surface area contributed by atoms with Gasteiger partial charge in [-0.25, -0.2) is 4.90 Å². The maximum Gasteiger partial charge on any atom is 0.275 e. The summed E-state index contributed by atoms with van der Waals surface area (Å²) < 4.78 is 0. The Morgan fingerprint density at radius 2 is 1.71 bits per heavy atom. The van der Waals surface area contributed by atoms with Crippen LogP contribution < -0.4 is 0 Å². The molecule has 5 rings (SSSR count). The fraction of sp³-hybridized carbons (Fsp3) is 0.368. The third-order valence-electron chi connectivity index (χ3n) is 6.24. The number of nitrogens with zero attached hydrogens (tertiary/aromatic N) is 2. The van der Waals surface area contributed by atoms with Crippen LogP contribution in [0.1, 0.15) is 40.5 Å². The van der Waals surface area contributed by atoms with Crippen LogP contribution >= 0.6 is 12.4 Å². The molecule has 24 heavy (non-hydrogen) atoms. The van der Waals surface area contributed by atoms with Gasteiger partial charge in [0.2, 0.25) is 0 Å². The van der Waals surface area contributed by atoms with Gasteiger partial charge in [-0.15, -0.1) is 12.4 Å². The molecule has 5 heteroatoms. The molecule has 1 fully saturated rings. The Balaban J connectivity index is 0.00000146. The first-order valence-corrected chi connectivity index (χ1v) is 8.15. The largest absolute Gasteiger partial charge is 0.275 e. The van der Waals surface area contributed by atoms with Crippen LogP contribution in [0, 0.1) is 10.1 Å². The minimum Gasteiger partial charge on any atom is -0.263 e. The van der Waals surface area contributed by atoms with Crippen molar-refractivity contribution in [3.63, 3.8) is 0 Å². The zero-order valence-electron chi connectivity index (χ0n) is 13.4. The average Bonchev–Trinajstić information content (AvgIpc) is 3.02. The Morgan fingerprint density at radius 1 is 1.08 bits per heavy atom. The van der Waals surface area contributed by atoms with Gasteiger partial charge in [0.25, 0.3) is 6.17 Å². The van der Waals surface area contributed by atoms with E-state index in [9.17, 15) is 10.1 Å². The van der Waals surface area contributed by atoms with Crippen LogP contribution in [0.2, 0.25) is 0 Å². The molecule has 1 spiro atoms. The van der Waals surface area contributed by atoms with Crippen molar-refractivity contribution in [1.82, 2.24) is 4.90 Å². The number of hydrogen-bond acceptors (Lipinski definition) is 3. The van der Waals surface area contributed by atoms with E-state index >= 15 is 0 Å². The van der Waals surface area contributed by atoms with Gasteiger partial charge in [-0.2, -0.15) is 0 Å². The first-order valence-electron chi connectivity index (χ1n) is 8.15. The third-order valence-corrected chi connectivity index (χ3v) is 6.24.